The number of benzene rings is 4. The van der Waals surface area contributed by atoms with Crippen LogP contribution in [0, 0.1) is 13.8 Å². The van der Waals surface area contributed by atoms with Gasteiger partial charge in [-0.2, -0.15) is 26.3 Å². The van der Waals surface area contributed by atoms with Crippen molar-refractivity contribution in [1.82, 2.24) is 18.2 Å². The molecule has 62 heavy (non-hydrogen) atoms. The molecule has 3 heterocycles. The van der Waals surface area contributed by atoms with Crippen molar-refractivity contribution in [1.29, 1.82) is 0 Å². The number of aromatic nitrogens is 2. The zero-order valence-electron chi connectivity index (χ0n) is 32.9. The zero-order chi connectivity index (χ0) is 46.0. The number of carbonyl (C=O) groups is 3. The van der Waals surface area contributed by atoms with Crippen LogP contribution in [0.25, 0.3) is 21.8 Å². The number of carbonyl (C=O) groups excluding carboxylic acids is 1. The Labute approximate surface area is 351 Å². The molecule has 1 fully saturated rings. The summed E-state index contributed by atoms with van der Waals surface area (Å²) in [5.41, 5.74) is 4.92. The van der Waals surface area contributed by atoms with E-state index >= 15 is 0 Å². The number of carboxylic acids is 2. The van der Waals surface area contributed by atoms with Crippen molar-refractivity contribution in [2.24, 2.45) is 0 Å². The van der Waals surface area contributed by atoms with Gasteiger partial charge in [-0.1, -0.05) is 59.7 Å². The maximum absolute atomic E-state index is 13.1. The van der Waals surface area contributed by atoms with Gasteiger partial charge in [0, 0.05) is 48.4 Å². The van der Waals surface area contributed by atoms with Gasteiger partial charge in [0.15, 0.2) is 6.29 Å². The summed E-state index contributed by atoms with van der Waals surface area (Å²) in [6, 6.07) is 28.2. The molecular weight excluding hydrogens is 871 g/mol. The van der Waals surface area contributed by atoms with Crippen LogP contribution in [0.15, 0.2) is 119 Å². The number of aldehydes is 1. The molecule has 3 N–H and O–H groups in total. The molecule has 13 nitrogen and oxygen atoms in total. The van der Waals surface area contributed by atoms with Gasteiger partial charge in [0.2, 0.25) is 0 Å². The summed E-state index contributed by atoms with van der Waals surface area (Å²) in [6.45, 7) is 8.83. The van der Waals surface area contributed by atoms with Crippen LogP contribution in [-0.4, -0.2) is 96.6 Å². The minimum absolute atomic E-state index is 0.224. The summed E-state index contributed by atoms with van der Waals surface area (Å²) in [6.07, 6.45) is -5.15. The molecule has 332 valence electrons. The minimum Gasteiger partial charge on any atom is -0.475 e. The lowest BCUT2D eigenvalue weighted by molar-refractivity contribution is -0.193. The van der Waals surface area contributed by atoms with E-state index in [2.05, 4.69) is 16.3 Å². The Balaban J connectivity index is 0.000000213. The third kappa shape index (κ3) is 12.3. The number of nitrogens with zero attached hydrogens (tertiary/aromatic N) is 3. The highest BCUT2D eigenvalue weighted by Crippen LogP contribution is 2.27. The molecule has 1 saturated heterocycles. The van der Waals surface area contributed by atoms with Crippen LogP contribution in [-0.2, 0) is 36.2 Å². The first-order valence-electron chi connectivity index (χ1n) is 18.3. The highest BCUT2D eigenvalue weighted by atomic mass is 32.2. The molecule has 21 heteroatoms. The van der Waals surface area contributed by atoms with E-state index in [0.29, 0.717) is 21.4 Å². The van der Waals surface area contributed by atoms with Gasteiger partial charge in [-0.05, 0) is 87.5 Å². The Bertz CT molecular complexity index is 2700. The molecule has 2 aromatic heterocycles. The fraction of sp³-hybridized carbons (Fsp3) is 0.244. The SMILES string of the molecule is Cc1ccc(S(=O)(=O)n2ccc3c(C=O)cccc32)cc1.Cc1ccc(S(=O)(=O)n2ccc3c(CN4CCCNCC4)cccc32)cc1.O=C(O)C(F)(F)F.O=C(O)C(F)(F)F. The van der Waals surface area contributed by atoms with Gasteiger partial charge in [0.25, 0.3) is 20.0 Å². The Morgan fingerprint density at radius 2 is 1.08 bits per heavy atom. The fourth-order valence-electron chi connectivity index (χ4n) is 5.98. The number of aryl methyl sites for hydroxylation is 2. The van der Waals surface area contributed by atoms with E-state index in [4.69, 9.17) is 19.8 Å². The topological polar surface area (TPSA) is 185 Å². The van der Waals surface area contributed by atoms with E-state index < -0.39 is 44.3 Å². The van der Waals surface area contributed by atoms with Crippen molar-refractivity contribution in [3.63, 3.8) is 0 Å². The second kappa shape index (κ2) is 20.2. The van der Waals surface area contributed by atoms with Crippen LogP contribution in [0.1, 0.15) is 33.5 Å². The van der Waals surface area contributed by atoms with Crippen molar-refractivity contribution in [2.75, 3.05) is 26.2 Å². The van der Waals surface area contributed by atoms with E-state index in [1.165, 1.54) is 19.7 Å². The first-order valence-corrected chi connectivity index (χ1v) is 21.2. The first kappa shape index (κ1) is 48.6. The monoisotopic (exact) mass is 910 g/mol. The Morgan fingerprint density at radius 3 is 1.53 bits per heavy atom. The average molecular weight is 911 g/mol. The Hall–Kier alpha value is -6.03. The number of hydrogen-bond donors (Lipinski definition) is 3. The average Bonchev–Trinajstić information content (AvgIpc) is 3.78. The van der Waals surface area contributed by atoms with Crippen LogP contribution < -0.4 is 5.32 Å². The van der Waals surface area contributed by atoms with Crippen LogP contribution in [0.2, 0.25) is 0 Å². The number of carboxylic acid groups (broad SMARTS) is 2. The van der Waals surface area contributed by atoms with Gasteiger partial charge in [-0.3, -0.25) is 9.69 Å². The van der Waals surface area contributed by atoms with Gasteiger partial charge in [0.1, 0.15) is 0 Å². The van der Waals surface area contributed by atoms with E-state index in [9.17, 15) is 48.0 Å². The van der Waals surface area contributed by atoms with Gasteiger partial charge < -0.3 is 15.5 Å². The number of alkyl halides is 6. The smallest absolute Gasteiger partial charge is 0.475 e. The second-order valence-corrected chi connectivity index (χ2v) is 17.2. The molecular formula is C41H40F6N4O9S2. The quantitative estimate of drug-likeness (QED) is 0.108. The lowest BCUT2D eigenvalue weighted by Gasteiger charge is -2.20. The largest absolute Gasteiger partial charge is 0.490 e. The summed E-state index contributed by atoms with van der Waals surface area (Å²) < 4.78 is 118. The maximum Gasteiger partial charge on any atom is 0.490 e. The predicted octanol–water partition coefficient (Wildman–Crippen LogP) is 7.25. The Morgan fingerprint density at radius 1 is 0.645 bits per heavy atom. The third-order valence-corrected chi connectivity index (χ3v) is 12.5. The van der Waals surface area contributed by atoms with Crippen molar-refractivity contribution in [2.45, 2.75) is 49.0 Å². The van der Waals surface area contributed by atoms with E-state index in [-0.39, 0.29) is 4.90 Å². The molecule has 7 rings (SSSR count). The number of aliphatic carboxylic acids is 2. The van der Waals surface area contributed by atoms with Gasteiger partial charge >= 0.3 is 24.3 Å². The molecule has 4 aromatic carbocycles. The molecule has 0 bridgehead atoms. The molecule has 0 saturated carbocycles. The van der Waals surface area contributed by atoms with E-state index in [0.717, 1.165) is 67.5 Å². The van der Waals surface area contributed by atoms with E-state index in [1.54, 1.807) is 66.9 Å². The number of nitrogens with one attached hydrogen (secondary N) is 1. The molecule has 0 atom stereocenters. The highest BCUT2D eigenvalue weighted by molar-refractivity contribution is 7.90. The summed E-state index contributed by atoms with van der Waals surface area (Å²) in [7, 11) is -7.26. The van der Waals surface area contributed by atoms with Gasteiger partial charge in [-0.15, -0.1) is 0 Å². The lowest BCUT2D eigenvalue weighted by atomic mass is 10.1. The second-order valence-electron chi connectivity index (χ2n) is 13.6. The summed E-state index contributed by atoms with van der Waals surface area (Å²) >= 11 is 0. The molecule has 0 unspecified atom stereocenters. The standard InChI is InChI=1S/C21H25N3O2S.C16H13NO3S.2C2HF3O2/c1-17-6-8-19(9-7-17)27(25,26)24-14-10-20-18(4-2-5-21(20)24)16-23-13-3-11-22-12-15-23;1-12-5-7-14(8-6-12)21(19,20)17-10-9-15-13(11-18)3-2-4-16(15)17;2*3-2(4,5)1(6)7/h2,4-10,14,22H,3,11-13,15-16H2,1H3;2-11H,1H3;2*(H,6,7). The molecule has 1 aliphatic heterocycles. The fourth-order valence-corrected chi connectivity index (χ4v) is 8.67. The number of rotatable bonds is 7. The maximum atomic E-state index is 13.1. The van der Waals surface area contributed by atoms with Gasteiger partial charge in [-0.25, -0.2) is 34.4 Å². The normalized spacial score (nSPS) is 13.7. The number of halogens is 6. The lowest BCUT2D eigenvalue weighted by Crippen LogP contribution is -2.27. The third-order valence-electron chi connectivity index (χ3n) is 9.11. The Kier molecular flexibility index (Phi) is 15.9. The van der Waals surface area contributed by atoms with Crippen molar-refractivity contribution in [3.05, 3.63) is 132 Å². The van der Waals surface area contributed by atoms with E-state index in [1.807, 2.05) is 44.2 Å². The highest BCUT2D eigenvalue weighted by Gasteiger charge is 2.39. The van der Waals surface area contributed by atoms with Crippen molar-refractivity contribution < 1.29 is 67.8 Å². The number of hydrogen-bond acceptors (Lipinski definition) is 9. The number of fused-ring (bicyclic) bond motifs is 2. The molecule has 0 aliphatic carbocycles. The van der Waals surface area contributed by atoms with Crippen molar-refractivity contribution in [3.8, 4) is 0 Å². The molecule has 6 aromatic rings. The molecule has 0 amide bonds. The molecule has 0 radical (unpaired) electrons. The molecule has 1 aliphatic rings. The van der Waals surface area contributed by atoms with Crippen LogP contribution in [0.5, 0.6) is 0 Å². The van der Waals surface area contributed by atoms with Crippen molar-refractivity contribution >= 4 is 60.1 Å². The minimum atomic E-state index is -5.08. The molecule has 0 spiro atoms. The van der Waals surface area contributed by atoms with Crippen LogP contribution in [0.3, 0.4) is 0 Å². The summed E-state index contributed by atoms with van der Waals surface area (Å²) in [4.78, 5) is 31.8. The zero-order valence-corrected chi connectivity index (χ0v) is 34.5. The summed E-state index contributed by atoms with van der Waals surface area (Å²) in [5, 5.41) is 19.3. The predicted molar refractivity (Wildman–Crippen MR) is 217 cm³/mol. The van der Waals surface area contributed by atoms with Crippen LogP contribution >= 0.6 is 0 Å². The summed E-state index contributed by atoms with van der Waals surface area (Å²) in [5.74, 6) is -5.51. The first-order chi connectivity index (χ1) is 29.0. The van der Waals surface area contributed by atoms with Crippen LogP contribution in [0.4, 0.5) is 26.3 Å². The van der Waals surface area contributed by atoms with Gasteiger partial charge in [0.05, 0.1) is 20.8 Å².